The quantitative estimate of drug-likeness (QED) is 0.441. The van der Waals surface area contributed by atoms with Crippen molar-refractivity contribution in [2.75, 3.05) is 5.43 Å². The highest BCUT2D eigenvalue weighted by atomic mass is 35.5. The average molecular weight is 294 g/mol. The Bertz CT molecular complexity index is 746. The standard InChI is InChI=1S/C11H9ClN6S/c1-7(8-2-3-9(12)19-8)14-15-10-4-5-11-16-13-6-18(11)17-10/h2-6H,1H3,(H,15,17)/p+1. The van der Waals surface area contributed by atoms with Crippen LogP contribution in [0.4, 0.5) is 5.82 Å². The number of rotatable bonds is 3. The van der Waals surface area contributed by atoms with Crippen LogP contribution in [0.15, 0.2) is 35.7 Å². The predicted octanol–water partition coefficient (Wildman–Crippen LogP) is 2.09. The molecular weight excluding hydrogens is 284 g/mol. The SMILES string of the molecule is CC(=NNc1ccc2n[nH]c[n+]2n1)c1ccc(Cl)s1. The zero-order valence-electron chi connectivity index (χ0n) is 9.96. The second kappa shape index (κ2) is 4.94. The highest BCUT2D eigenvalue weighted by Crippen LogP contribution is 2.21. The molecule has 0 amide bonds. The van der Waals surface area contributed by atoms with Gasteiger partial charge in [-0.25, -0.2) is 0 Å². The molecular formula is C11H10ClN6S+. The van der Waals surface area contributed by atoms with Crippen LogP contribution in [-0.4, -0.2) is 21.0 Å². The van der Waals surface area contributed by atoms with E-state index in [0.29, 0.717) is 5.82 Å². The van der Waals surface area contributed by atoms with Crippen LogP contribution in [0.2, 0.25) is 4.34 Å². The van der Waals surface area contributed by atoms with Crippen molar-refractivity contribution in [3.63, 3.8) is 0 Å². The first-order chi connectivity index (χ1) is 9.22. The van der Waals surface area contributed by atoms with E-state index in [1.54, 1.807) is 10.8 Å². The maximum atomic E-state index is 5.89. The molecule has 3 heterocycles. The molecule has 3 aromatic heterocycles. The summed E-state index contributed by atoms with van der Waals surface area (Å²) in [6, 6.07) is 7.45. The van der Waals surface area contributed by atoms with Gasteiger partial charge in [0, 0.05) is 11.2 Å². The van der Waals surface area contributed by atoms with Crippen molar-refractivity contribution in [2.45, 2.75) is 6.92 Å². The first kappa shape index (κ1) is 12.1. The lowest BCUT2D eigenvalue weighted by molar-refractivity contribution is -0.579. The third-order valence-electron chi connectivity index (χ3n) is 2.47. The number of H-pyrrole nitrogens is 1. The number of fused-ring (bicyclic) bond motifs is 1. The van der Waals surface area contributed by atoms with Gasteiger partial charge in [-0.05, 0) is 25.1 Å². The summed E-state index contributed by atoms with van der Waals surface area (Å²) in [5.74, 6) is 0.640. The molecule has 6 nitrogen and oxygen atoms in total. The molecule has 0 aromatic carbocycles. The van der Waals surface area contributed by atoms with Gasteiger partial charge < -0.3 is 0 Å². The number of nitrogens with zero attached hydrogens (tertiary/aromatic N) is 4. The van der Waals surface area contributed by atoms with E-state index in [-0.39, 0.29) is 0 Å². The molecule has 3 aromatic rings. The fourth-order valence-corrected chi connectivity index (χ4v) is 2.52. The maximum Gasteiger partial charge on any atom is 0.325 e. The Balaban J connectivity index is 1.80. The Labute approximate surface area is 117 Å². The number of halogens is 1. The molecule has 0 aliphatic carbocycles. The molecule has 0 saturated carbocycles. The van der Waals surface area contributed by atoms with E-state index < -0.39 is 0 Å². The third-order valence-corrected chi connectivity index (χ3v) is 3.81. The minimum atomic E-state index is 0.640. The number of hydrogen-bond acceptors (Lipinski definition) is 5. The molecule has 0 aliphatic rings. The Kier molecular flexibility index (Phi) is 3.14. The van der Waals surface area contributed by atoms with Crippen LogP contribution < -0.4 is 9.94 Å². The minimum Gasteiger partial charge on any atom is -0.259 e. The first-order valence-corrected chi connectivity index (χ1v) is 6.70. The van der Waals surface area contributed by atoms with Crippen LogP contribution in [0.1, 0.15) is 11.8 Å². The van der Waals surface area contributed by atoms with Gasteiger partial charge in [-0.2, -0.15) is 5.10 Å². The number of thiophene rings is 1. The van der Waals surface area contributed by atoms with Crippen LogP contribution in [0.5, 0.6) is 0 Å². The molecule has 0 aliphatic heterocycles. The van der Waals surface area contributed by atoms with Crippen molar-refractivity contribution in [3.05, 3.63) is 39.8 Å². The van der Waals surface area contributed by atoms with Crippen molar-refractivity contribution in [2.24, 2.45) is 5.10 Å². The van der Waals surface area contributed by atoms with Crippen molar-refractivity contribution < 1.29 is 4.52 Å². The fraction of sp³-hybridized carbons (Fsp3) is 0.0909. The maximum absolute atomic E-state index is 5.89. The topological polar surface area (TPSA) is 70.1 Å². The number of anilines is 1. The number of aromatic amines is 1. The van der Waals surface area contributed by atoms with E-state index in [2.05, 4.69) is 25.8 Å². The molecule has 0 fully saturated rings. The third kappa shape index (κ3) is 2.56. The molecule has 2 N–H and O–H groups in total. The van der Waals surface area contributed by atoms with Crippen molar-refractivity contribution >= 4 is 40.1 Å². The smallest absolute Gasteiger partial charge is 0.259 e. The molecule has 0 radical (unpaired) electrons. The zero-order valence-corrected chi connectivity index (χ0v) is 11.5. The summed E-state index contributed by atoms with van der Waals surface area (Å²) >= 11 is 7.38. The lowest BCUT2D eigenvalue weighted by Crippen LogP contribution is -2.24. The second-order valence-corrected chi connectivity index (χ2v) is 5.52. The lowest BCUT2D eigenvalue weighted by Gasteiger charge is -1.99. The van der Waals surface area contributed by atoms with Gasteiger partial charge in [-0.15, -0.1) is 21.0 Å². The van der Waals surface area contributed by atoms with Gasteiger partial charge in [-0.1, -0.05) is 16.7 Å². The summed E-state index contributed by atoms with van der Waals surface area (Å²) in [7, 11) is 0. The lowest BCUT2D eigenvalue weighted by atomic mass is 10.3. The average Bonchev–Trinajstić information content (AvgIpc) is 3.03. The minimum absolute atomic E-state index is 0.640. The van der Waals surface area contributed by atoms with Gasteiger partial charge in [0.1, 0.15) is 0 Å². The zero-order chi connectivity index (χ0) is 13.2. The number of nitrogens with one attached hydrogen (secondary N) is 2. The molecule has 96 valence electrons. The van der Waals surface area contributed by atoms with Crippen LogP contribution in [0, 0.1) is 0 Å². The van der Waals surface area contributed by atoms with Gasteiger partial charge in [-0.3, -0.25) is 5.43 Å². The number of aromatic nitrogens is 4. The molecule has 0 atom stereocenters. The van der Waals surface area contributed by atoms with Crippen LogP contribution in [0.3, 0.4) is 0 Å². The molecule has 8 heteroatoms. The summed E-state index contributed by atoms with van der Waals surface area (Å²) in [5.41, 5.74) is 4.52. The molecule has 19 heavy (non-hydrogen) atoms. The Morgan fingerprint density at radius 2 is 2.32 bits per heavy atom. The summed E-state index contributed by atoms with van der Waals surface area (Å²) in [6.45, 7) is 1.92. The largest absolute Gasteiger partial charge is 0.325 e. The number of hydrogen-bond donors (Lipinski definition) is 2. The molecule has 3 rings (SSSR count). The summed E-state index contributed by atoms with van der Waals surface area (Å²) in [6.07, 6.45) is 1.66. The van der Waals surface area contributed by atoms with Crippen LogP contribution in [0.25, 0.3) is 5.65 Å². The van der Waals surface area contributed by atoms with Gasteiger partial charge in [0.05, 0.1) is 14.9 Å². The van der Waals surface area contributed by atoms with E-state index >= 15 is 0 Å². The van der Waals surface area contributed by atoms with Crippen molar-refractivity contribution in [1.29, 1.82) is 0 Å². The van der Waals surface area contributed by atoms with Crippen molar-refractivity contribution in [1.82, 2.24) is 15.3 Å². The van der Waals surface area contributed by atoms with Gasteiger partial charge in [0.2, 0.25) is 6.33 Å². The summed E-state index contributed by atoms with van der Waals surface area (Å²) < 4.78 is 2.38. The monoisotopic (exact) mass is 293 g/mol. The van der Waals surface area contributed by atoms with Gasteiger partial charge >= 0.3 is 5.65 Å². The van der Waals surface area contributed by atoms with E-state index in [9.17, 15) is 0 Å². The Morgan fingerprint density at radius 3 is 3.11 bits per heavy atom. The number of hydrazone groups is 1. The van der Waals surface area contributed by atoms with Gasteiger partial charge in [0.15, 0.2) is 5.82 Å². The van der Waals surface area contributed by atoms with Crippen LogP contribution >= 0.6 is 22.9 Å². The summed E-state index contributed by atoms with van der Waals surface area (Å²) in [5, 5.41) is 15.3. The predicted molar refractivity (Wildman–Crippen MR) is 74.7 cm³/mol. The fourth-order valence-electron chi connectivity index (χ4n) is 1.53. The van der Waals surface area contributed by atoms with Crippen molar-refractivity contribution in [3.8, 4) is 0 Å². The molecule has 0 unspecified atom stereocenters. The first-order valence-electron chi connectivity index (χ1n) is 5.51. The second-order valence-electron chi connectivity index (χ2n) is 3.80. The Morgan fingerprint density at radius 1 is 1.42 bits per heavy atom. The van der Waals surface area contributed by atoms with Gasteiger partial charge in [0.25, 0.3) is 0 Å². The molecule has 0 spiro atoms. The Hall–Kier alpha value is -1.99. The van der Waals surface area contributed by atoms with E-state index in [0.717, 1.165) is 20.6 Å². The molecule has 0 saturated heterocycles. The highest BCUT2D eigenvalue weighted by Gasteiger charge is 2.05. The van der Waals surface area contributed by atoms with E-state index in [1.165, 1.54) is 11.3 Å². The highest BCUT2D eigenvalue weighted by molar-refractivity contribution is 7.18. The van der Waals surface area contributed by atoms with E-state index in [4.69, 9.17) is 11.6 Å². The summed E-state index contributed by atoms with van der Waals surface area (Å²) in [4.78, 5) is 1.02. The normalized spacial score (nSPS) is 12.0. The van der Waals surface area contributed by atoms with E-state index in [1.807, 2.05) is 31.2 Å². The molecule has 0 bridgehead atoms. The van der Waals surface area contributed by atoms with Crippen LogP contribution in [-0.2, 0) is 0 Å².